The van der Waals surface area contributed by atoms with Crippen LogP contribution in [0.15, 0.2) is 48.5 Å². The number of amides is 1. The van der Waals surface area contributed by atoms with Gasteiger partial charge in [-0.3, -0.25) is 9.69 Å². The van der Waals surface area contributed by atoms with Crippen LogP contribution in [0.1, 0.15) is 12.8 Å². The molecule has 1 unspecified atom stereocenters. The summed E-state index contributed by atoms with van der Waals surface area (Å²) in [5.74, 6) is -0.889. The summed E-state index contributed by atoms with van der Waals surface area (Å²) in [5.41, 5.74) is 7.12. The number of halogens is 2. The molecule has 28 heavy (non-hydrogen) atoms. The molecule has 1 fully saturated rings. The highest BCUT2D eigenvalue weighted by Gasteiger charge is 2.22. The predicted molar refractivity (Wildman–Crippen MR) is 106 cm³/mol. The molecule has 3 N–H and O–H groups in total. The number of piperazine rings is 1. The number of unbranched alkanes of at least 4 members (excludes halogenated alkanes) is 1. The SMILES string of the molecule is NC(=O)C1CN(CCCCN(c2ccc(F)cc2)c2ccc(F)cc2)CCN1. The summed E-state index contributed by atoms with van der Waals surface area (Å²) in [6, 6.07) is 12.3. The molecule has 0 saturated carbocycles. The van der Waals surface area contributed by atoms with Crippen molar-refractivity contribution in [2.45, 2.75) is 18.9 Å². The number of nitrogens with one attached hydrogen (secondary N) is 1. The summed E-state index contributed by atoms with van der Waals surface area (Å²) in [7, 11) is 0. The number of primary amides is 1. The fourth-order valence-electron chi connectivity index (χ4n) is 3.46. The van der Waals surface area contributed by atoms with E-state index in [9.17, 15) is 13.6 Å². The van der Waals surface area contributed by atoms with Gasteiger partial charge in [-0.15, -0.1) is 0 Å². The molecule has 2 aromatic rings. The first-order valence-electron chi connectivity index (χ1n) is 9.56. The lowest BCUT2D eigenvalue weighted by atomic mass is 10.1. The van der Waals surface area contributed by atoms with E-state index in [1.165, 1.54) is 24.3 Å². The van der Waals surface area contributed by atoms with E-state index in [1.807, 2.05) is 0 Å². The van der Waals surface area contributed by atoms with E-state index in [1.54, 1.807) is 24.3 Å². The molecule has 1 saturated heterocycles. The fourth-order valence-corrected chi connectivity index (χ4v) is 3.46. The zero-order valence-corrected chi connectivity index (χ0v) is 15.8. The van der Waals surface area contributed by atoms with E-state index in [2.05, 4.69) is 15.1 Å². The van der Waals surface area contributed by atoms with Crippen molar-refractivity contribution in [3.8, 4) is 0 Å². The first-order chi connectivity index (χ1) is 13.5. The Morgan fingerprint density at radius 1 is 1.04 bits per heavy atom. The molecule has 3 rings (SSSR count). The van der Waals surface area contributed by atoms with Crippen molar-refractivity contribution in [3.63, 3.8) is 0 Å². The Morgan fingerprint density at radius 3 is 2.14 bits per heavy atom. The lowest BCUT2D eigenvalue weighted by Gasteiger charge is -2.32. The van der Waals surface area contributed by atoms with Crippen LogP contribution in [-0.4, -0.2) is 49.6 Å². The molecule has 2 aromatic carbocycles. The quantitative estimate of drug-likeness (QED) is 0.683. The minimum atomic E-state index is -0.316. The zero-order chi connectivity index (χ0) is 19.9. The minimum Gasteiger partial charge on any atom is -0.368 e. The maximum atomic E-state index is 13.3. The third-order valence-electron chi connectivity index (χ3n) is 4.99. The van der Waals surface area contributed by atoms with Crippen LogP contribution in [0.4, 0.5) is 20.2 Å². The monoisotopic (exact) mass is 388 g/mol. The molecule has 7 heteroatoms. The Kier molecular flexibility index (Phi) is 6.95. The Hall–Kier alpha value is -2.51. The molecule has 5 nitrogen and oxygen atoms in total. The van der Waals surface area contributed by atoms with Crippen molar-refractivity contribution in [1.29, 1.82) is 0 Å². The van der Waals surface area contributed by atoms with Gasteiger partial charge in [0.1, 0.15) is 11.6 Å². The van der Waals surface area contributed by atoms with Gasteiger partial charge >= 0.3 is 0 Å². The van der Waals surface area contributed by atoms with Crippen molar-refractivity contribution in [1.82, 2.24) is 10.2 Å². The number of carbonyl (C=O) groups is 1. The van der Waals surface area contributed by atoms with Gasteiger partial charge in [-0.2, -0.15) is 0 Å². The summed E-state index contributed by atoms with van der Waals surface area (Å²) in [5, 5.41) is 3.12. The van der Waals surface area contributed by atoms with E-state index in [-0.39, 0.29) is 23.6 Å². The van der Waals surface area contributed by atoms with Crippen molar-refractivity contribution < 1.29 is 13.6 Å². The van der Waals surface area contributed by atoms with Gasteiger partial charge in [0, 0.05) is 37.6 Å². The number of hydrogen-bond acceptors (Lipinski definition) is 4. The number of benzene rings is 2. The molecule has 0 spiro atoms. The number of carbonyl (C=O) groups excluding carboxylic acids is 1. The highest BCUT2D eigenvalue weighted by Crippen LogP contribution is 2.26. The van der Waals surface area contributed by atoms with Gasteiger partial charge in [0.05, 0.1) is 6.04 Å². The van der Waals surface area contributed by atoms with Gasteiger partial charge in [0.25, 0.3) is 0 Å². The molecule has 0 bridgehead atoms. The molecule has 150 valence electrons. The smallest absolute Gasteiger partial charge is 0.235 e. The number of hydrogen-bond donors (Lipinski definition) is 2. The van der Waals surface area contributed by atoms with E-state index >= 15 is 0 Å². The molecule has 1 amide bonds. The number of anilines is 2. The van der Waals surface area contributed by atoms with Crippen molar-refractivity contribution in [2.75, 3.05) is 37.6 Å². The van der Waals surface area contributed by atoms with Crippen LogP contribution in [0.3, 0.4) is 0 Å². The standard InChI is InChI=1S/C21H26F2N4O/c22-16-3-7-18(8-4-16)27(19-9-5-17(23)6-10-19)13-2-1-12-26-14-11-25-20(15-26)21(24)28/h3-10,20,25H,1-2,11-15H2,(H2,24,28). The first-order valence-corrected chi connectivity index (χ1v) is 9.56. The molecule has 0 radical (unpaired) electrons. The molecule has 1 aliphatic rings. The average molecular weight is 388 g/mol. The van der Waals surface area contributed by atoms with Crippen molar-refractivity contribution in [2.24, 2.45) is 5.73 Å². The second-order valence-electron chi connectivity index (χ2n) is 7.02. The van der Waals surface area contributed by atoms with Gasteiger partial charge in [-0.05, 0) is 67.9 Å². The first kappa shape index (κ1) is 20.2. The Balaban J connectivity index is 1.58. The van der Waals surface area contributed by atoms with Crippen LogP contribution < -0.4 is 16.0 Å². The van der Waals surface area contributed by atoms with E-state index in [0.29, 0.717) is 6.54 Å². The molecule has 1 aliphatic heterocycles. The van der Waals surface area contributed by atoms with Crippen LogP contribution in [0, 0.1) is 11.6 Å². The van der Waals surface area contributed by atoms with Gasteiger partial charge in [-0.1, -0.05) is 0 Å². The number of rotatable bonds is 8. The third kappa shape index (κ3) is 5.50. The predicted octanol–water partition coefficient (Wildman–Crippen LogP) is 2.64. The molecular formula is C21H26F2N4O. The van der Waals surface area contributed by atoms with E-state index < -0.39 is 0 Å². The average Bonchev–Trinajstić information content (AvgIpc) is 2.70. The fraction of sp³-hybridized carbons (Fsp3) is 0.381. The summed E-state index contributed by atoms with van der Waals surface area (Å²) < 4.78 is 26.6. The topological polar surface area (TPSA) is 61.6 Å². The minimum absolute atomic E-state index is 0.287. The van der Waals surface area contributed by atoms with Gasteiger partial charge in [-0.25, -0.2) is 8.78 Å². The lowest BCUT2D eigenvalue weighted by Crippen LogP contribution is -2.56. The van der Waals surface area contributed by atoms with Crippen LogP contribution in [0.25, 0.3) is 0 Å². The summed E-state index contributed by atoms with van der Waals surface area (Å²) in [6.45, 7) is 3.89. The zero-order valence-electron chi connectivity index (χ0n) is 15.8. The highest BCUT2D eigenvalue weighted by atomic mass is 19.1. The van der Waals surface area contributed by atoms with E-state index in [0.717, 1.165) is 50.4 Å². The van der Waals surface area contributed by atoms with Gasteiger partial charge < -0.3 is 16.0 Å². The number of nitrogens with zero attached hydrogens (tertiary/aromatic N) is 2. The van der Waals surface area contributed by atoms with Gasteiger partial charge in [0.2, 0.25) is 5.91 Å². The molecule has 0 aromatic heterocycles. The molecular weight excluding hydrogens is 362 g/mol. The maximum Gasteiger partial charge on any atom is 0.235 e. The second kappa shape index (κ2) is 9.61. The van der Waals surface area contributed by atoms with Gasteiger partial charge in [0.15, 0.2) is 0 Å². The number of nitrogens with two attached hydrogens (primary N) is 1. The maximum absolute atomic E-state index is 13.3. The van der Waals surface area contributed by atoms with Crippen LogP contribution >= 0.6 is 0 Å². The second-order valence-corrected chi connectivity index (χ2v) is 7.02. The summed E-state index contributed by atoms with van der Waals surface area (Å²) in [4.78, 5) is 15.7. The Labute approximate surface area is 164 Å². The Morgan fingerprint density at radius 2 is 1.61 bits per heavy atom. The lowest BCUT2D eigenvalue weighted by molar-refractivity contribution is -0.121. The molecule has 1 atom stereocenters. The highest BCUT2D eigenvalue weighted by molar-refractivity contribution is 5.80. The van der Waals surface area contributed by atoms with Crippen molar-refractivity contribution in [3.05, 3.63) is 60.2 Å². The van der Waals surface area contributed by atoms with Crippen molar-refractivity contribution >= 4 is 17.3 Å². The Bertz CT molecular complexity index is 721. The van der Waals surface area contributed by atoms with Crippen LogP contribution in [-0.2, 0) is 4.79 Å². The van der Waals surface area contributed by atoms with Crippen LogP contribution in [0.2, 0.25) is 0 Å². The summed E-state index contributed by atoms with van der Waals surface area (Å²) >= 11 is 0. The third-order valence-corrected chi connectivity index (χ3v) is 4.99. The summed E-state index contributed by atoms with van der Waals surface area (Å²) in [6.07, 6.45) is 1.85. The molecule has 1 heterocycles. The largest absolute Gasteiger partial charge is 0.368 e. The van der Waals surface area contributed by atoms with E-state index in [4.69, 9.17) is 5.73 Å². The van der Waals surface area contributed by atoms with Crippen LogP contribution in [0.5, 0.6) is 0 Å². The normalized spacial score (nSPS) is 17.4. The molecule has 0 aliphatic carbocycles.